The fraction of sp³-hybridized carbons (Fsp3) is 0.164. The molecule has 0 aliphatic heterocycles. The topological polar surface area (TPSA) is 52.6 Å². The van der Waals surface area contributed by atoms with Crippen LogP contribution in [-0.2, 0) is 19.1 Å². The molecule has 4 nitrogen and oxygen atoms in total. The van der Waals surface area contributed by atoms with Gasteiger partial charge < -0.3 is 9.47 Å². The number of allylic oxidation sites excluding steroid dienone is 1. The molecule has 0 bridgehead atoms. The molecule has 7 aromatic carbocycles. The SMILES string of the molecule is COC(=O)C(C(=O)OC)=C(C[P+](c1ccccc1)(c1ccccc1)c1ccccc1)C1CCCCC1.Fc1c(F)c(F)c([B-](c2c(F)c(F)c(F)c(F)c2F)(c2c(F)c(F)c(F)c(F)c2F)c2c(F)c(F)c(F)c(F)c2F)c(F)c1F. The van der Waals surface area contributed by atoms with Gasteiger partial charge in [0, 0.05) is 0 Å². The van der Waals surface area contributed by atoms with Crippen LogP contribution in [0, 0.1) is 122 Å². The summed E-state index contributed by atoms with van der Waals surface area (Å²) in [7, 11) is 0.358. The van der Waals surface area contributed by atoms with Crippen LogP contribution in [0.3, 0.4) is 0 Å². The van der Waals surface area contributed by atoms with Crippen molar-refractivity contribution in [1.82, 2.24) is 0 Å². The number of rotatable bonds is 12. The summed E-state index contributed by atoms with van der Waals surface area (Å²) in [6.07, 6.45) is -1.41. The Balaban J connectivity index is 0.000000239. The van der Waals surface area contributed by atoms with E-state index in [4.69, 9.17) is 9.47 Å². The molecule has 7 aromatic rings. The second kappa shape index (κ2) is 24.2. The first-order valence-electron chi connectivity index (χ1n) is 23.5. The lowest BCUT2D eigenvalue weighted by molar-refractivity contribution is -0.144. The molecular weight excluding hydrogens is 1150 g/mol. The zero-order valence-electron chi connectivity index (χ0n) is 41.2. The van der Waals surface area contributed by atoms with Gasteiger partial charge in [-0.05, 0) is 60.7 Å². The number of hydrogen-bond donors (Lipinski definition) is 0. The number of halogens is 20. The van der Waals surface area contributed by atoms with Crippen molar-refractivity contribution in [2.24, 2.45) is 5.92 Å². The molecule has 0 amide bonds. The zero-order chi connectivity index (χ0) is 59.7. The quantitative estimate of drug-likeness (QED) is 0.0141. The van der Waals surface area contributed by atoms with Crippen LogP contribution in [0.2, 0.25) is 0 Å². The lowest BCUT2D eigenvalue weighted by Gasteiger charge is -2.44. The summed E-state index contributed by atoms with van der Waals surface area (Å²) in [4.78, 5) is 26.2. The Morgan fingerprint density at radius 2 is 0.593 bits per heavy atom. The second-order valence-electron chi connectivity index (χ2n) is 18.0. The van der Waals surface area contributed by atoms with Crippen LogP contribution in [0.15, 0.2) is 102 Å². The number of ether oxygens (including phenoxy) is 2. The molecule has 0 spiro atoms. The van der Waals surface area contributed by atoms with Crippen molar-refractivity contribution in [3.05, 3.63) is 218 Å². The van der Waals surface area contributed by atoms with Gasteiger partial charge in [0.1, 0.15) is 81.4 Å². The van der Waals surface area contributed by atoms with Crippen molar-refractivity contribution >= 4 is 63.1 Å². The molecule has 0 saturated heterocycles. The van der Waals surface area contributed by atoms with Crippen LogP contribution >= 0.6 is 7.26 Å². The molecule has 0 radical (unpaired) electrons. The average molecular weight is 1180 g/mol. The van der Waals surface area contributed by atoms with Crippen LogP contribution in [0.5, 0.6) is 0 Å². The zero-order valence-corrected chi connectivity index (χ0v) is 42.1. The Morgan fingerprint density at radius 1 is 0.370 bits per heavy atom. The monoisotopic (exact) mass is 1180 g/mol. The second-order valence-corrected chi connectivity index (χ2v) is 21.5. The third-order valence-corrected chi connectivity index (χ3v) is 18.3. The van der Waals surface area contributed by atoms with Crippen molar-refractivity contribution < 1.29 is 107 Å². The molecule has 0 heterocycles. The highest BCUT2D eigenvalue weighted by atomic mass is 31.2. The lowest BCUT2D eigenvalue weighted by Crippen LogP contribution is -2.81. The first-order chi connectivity index (χ1) is 38.3. The third kappa shape index (κ3) is 10.2. The van der Waals surface area contributed by atoms with Crippen LogP contribution in [0.25, 0.3) is 0 Å². The summed E-state index contributed by atoms with van der Waals surface area (Å²) in [5, 5.41) is 3.64. The van der Waals surface area contributed by atoms with Gasteiger partial charge in [0.05, 0.1) is 20.4 Å². The molecule has 1 aliphatic carbocycles. The minimum atomic E-state index is -7.22. The molecule has 426 valence electrons. The van der Waals surface area contributed by atoms with E-state index in [-0.39, 0.29) is 11.5 Å². The first-order valence-corrected chi connectivity index (χ1v) is 25.5. The van der Waals surface area contributed by atoms with Crippen molar-refractivity contribution in [3.63, 3.8) is 0 Å². The number of hydrogen-bond acceptors (Lipinski definition) is 4. The lowest BCUT2D eigenvalue weighted by atomic mass is 9.12. The molecule has 26 heteroatoms. The normalized spacial score (nSPS) is 12.9. The number of carbonyl (C=O) groups excluding carboxylic acids is 2. The summed E-state index contributed by atoms with van der Waals surface area (Å²) >= 11 is 0. The van der Waals surface area contributed by atoms with Gasteiger partial charge in [0.2, 0.25) is 0 Å². The fourth-order valence-corrected chi connectivity index (χ4v) is 14.7. The van der Waals surface area contributed by atoms with Crippen LogP contribution < -0.4 is 37.8 Å². The van der Waals surface area contributed by atoms with Gasteiger partial charge in [-0.3, -0.25) is 0 Å². The molecule has 1 fully saturated rings. The molecule has 1 saturated carbocycles. The maximum absolute atomic E-state index is 15.4. The third-order valence-electron chi connectivity index (χ3n) is 13.9. The Hall–Kier alpha value is -7.69. The smallest absolute Gasteiger partial charge is 0.345 e. The standard InChI is InChI=1S/C31H34O4P.C24BF20/c1-34-30(32)29(31(33)35-2)28(24-15-7-3-8-16-24)23-36(25-17-9-4-10-18-25,26-19-11-5-12-20-26)27-21-13-6-14-22-27;26-5-1(6(27)14(35)21(42)13(5)34)25(2-7(28)15(36)22(43)16(37)8(2)29,3-9(30)17(38)23(44)18(39)10(3)31)4-11(32)19(40)24(45)20(41)12(4)33/h4-6,9-14,17-22,24H,3,7-8,15-16,23H2,1-2H3;/q+1;-1. The number of methoxy groups -OCH3 is 2. The molecule has 0 atom stereocenters. The van der Waals surface area contributed by atoms with Crippen LogP contribution in [-0.4, -0.2) is 38.5 Å². The minimum absolute atomic E-state index is 0.0686. The van der Waals surface area contributed by atoms with Gasteiger partial charge >= 0.3 is 11.9 Å². The van der Waals surface area contributed by atoms with Gasteiger partial charge in [-0.25, -0.2) is 97.4 Å². The molecule has 81 heavy (non-hydrogen) atoms. The van der Waals surface area contributed by atoms with Gasteiger partial charge in [0.15, 0.2) is 69.8 Å². The van der Waals surface area contributed by atoms with Crippen LogP contribution in [0.4, 0.5) is 87.8 Å². The molecule has 8 rings (SSSR count). The maximum atomic E-state index is 15.4. The van der Waals surface area contributed by atoms with E-state index in [9.17, 15) is 62.3 Å². The summed E-state index contributed by atoms with van der Waals surface area (Å²) in [5.41, 5.74) is -13.4. The number of esters is 2. The van der Waals surface area contributed by atoms with Crippen molar-refractivity contribution in [2.45, 2.75) is 32.1 Å². The van der Waals surface area contributed by atoms with Gasteiger partial charge in [-0.15, -0.1) is 21.9 Å². The van der Waals surface area contributed by atoms with Crippen molar-refractivity contribution in [2.75, 3.05) is 20.4 Å². The number of benzene rings is 7. The van der Waals surface area contributed by atoms with Gasteiger partial charge in [-0.2, -0.15) is 0 Å². The van der Waals surface area contributed by atoms with E-state index in [0.717, 1.165) is 31.3 Å². The Labute approximate surface area is 445 Å². The molecule has 1 aliphatic rings. The molecule has 0 unspecified atom stereocenters. The highest BCUT2D eigenvalue weighted by Crippen LogP contribution is 2.58. The highest BCUT2D eigenvalue weighted by molar-refractivity contribution is 7.95. The summed E-state index contributed by atoms with van der Waals surface area (Å²) in [6, 6.07) is 31.6. The predicted octanol–water partition coefficient (Wildman–Crippen LogP) is 11.0. The van der Waals surface area contributed by atoms with Crippen LogP contribution in [0.1, 0.15) is 32.1 Å². The summed E-state index contributed by atoms with van der Waals surface area (Å²) < 4.78 is 304. The highest BCUT2D eigenvalue weighted by Gasteiger charge is 2.53. The van der Waals surface area contributed by atoms with E-state index in [1.807, 2.05) is 18.2 Å². The van der Waals surface area contributed by atoms with Crippen molar-refractivity contribution in [3.8, 4) is 0 Å². The van der Waals surface area contributed by atoms with E-state index in [1.165, 1.54) is 36.6 Å². The predicted molar refractivity (Wildman–Crippen MR) is 257 cm³/mol. The Morgan fingerprint density at radius 3 is 0.815 bits per heavy atom. The van der Waals surface area contributed by atoms with E-state index >= 15 is 35.1 Å². The van der Waals surface area contributed by atoms with E-state index in [0.29, 0.717) is 6.16 Å². The first kappa shape index (κ1) is 60.9. The Bertz CT molecular complexity index is 3130. The number of carbonyl (C=O) groups is 2. The molecular formula is C55H34BF20O4P. The maximum Gasteiger partial charge on any atom is 0.345 e. The van der Waals surface area contributed by atoms with Gasteiger partial charge in [-0.1, -0.05) is 73.9 Å². The largest absolute Gasteiger partial charge is 0.465 e. The molecule has 0 N–H and O–H groups in total. The van der Waals surface area contributed by atoms with Crippen molar-refractivity contribution in [1.29, 1.82) is 0 Å². The minimum Gasteiger partial charge on any atom is -0.465 e. The summed E-state index contributed by atoms with van der Waals surface area (Å²) in [5.74, 6) is -72.5. The fourth-order valence-electron chi connectivity index (χ4n) is 10.3. The molecule has 0 aromatic heterocycles. The van der Waals surface area contributed by atoms with E-state index in [1.54, 1.807) is 0 Å². The van der Waals surface area contributed by atoms with E-state index in [2.05, 4.69) is 72.8 Å². The Kier molecular flexibility index (Phi) is 18.2. The average Bonchev–Trinajstić information content (AvgIpc) is 2.92. The summed E-state index contributed by atoms with van der Waals surface area (Å²) in [6.45, 7) is 0. The van der Waals surface area contributed by atoms with Gasteiger partial charge in [0.25, 0.3) is 0 Å². The van der Waals surface area contributed by atoms with E-state index < -0.39 is 164 Å².